The lowest BCUT2D eigenvalue weighted by molar-refractivity contribution is 0.212. The number of hydrogen-bond donors (Lipinski definition) is 1. The van der Waals surface area contributed by atoms with Crippen molar-refractivity contribution in [3.63, 3.8) is 0 Å². The summed E-state index contributed by atoms with van der Waals surface area (Å²) in [7, 11) is 0. The molecule has 0 spiro atoms. The molecule has 2 saturated heterocycles. The van der Waals surface area contributed by atoms with E-state index in [-0.39, 0.29) is 34.0 Å². The van der Waals surface area contributed by atoms with Gasteiger partial charge in [0.05, 0.1) is 0 Å². The standard InChI is InChI=1S/C7H14N2.2BrH/c1-2-7-6-8-3-5-9(7)4-1;;/h7-8H,1-6H2;2*1H. The largest absolute Gasteiger partial charge is 0.314 e. The van der Waals surface area contributed by atoms with E-state index in [1.165, 1.54) is 39.0 Å². The summed E-state index contributed by atoms with van der Waals surface area (Å²) in [5.41, 5.74) is 0. The maximum Gasteiger partial charge on any atom is 0.0221 e. The Bertz CT molecular complexity index is 98.6. The molecule has 4 heteroatoms. The molecule has 1 N–H and O–H groups in total. The van der Waals surface area contributed by atoms with Gasteiger partial charge in [0, 0.05) is 25.7 Å². The van der Waals surface area contributed by atoms with E-state index in [0.717, 1.165) is 6.04 Å². The van der Waals surface area contributed by atoms with E-state index in [9.17, 15) is 0 Å². The number of nitrogens with zero attached hydrogens (tertiary/aromatic N) is 1. The third kappa shape index (κ3) is 2.68. The predicted octanol–water partition coefficient (Wildman–Crippen LogP) is 1.21. The molecule has 2 rings (SSSR count). The van der Waals surface area contributed by atoms with Crippen LogP contribution < -0.4 is 5.32 Å². The van der Waals surface area contributed by atoms with E-state index in [2.05, 4.69) is 10.2 Å². The first-order valence-corrected chi connectivity index (χ1v) is 3.91. The van der Waals surface area contributed by atoms with Gasteiger partial charge >= 0.3 is 0 Å². The minimum Gasteiger partial charge on any atom is -0.314 e. The van der Waals surface area contributed by atoms with Crippen LogP contribution in [0.3, 0.4) is 0 Å². The van der Waals surface area contributed by atoms with Gasteiger partial charge in [-0.25, -0.2) is 0 Å². The molecule has 0 radical (unpaired) electrons. The van der Waals surface area contributed by atoms with Gasteiger partial charge in [0.25, 0.3) is 0 Å². The van der Waals surface area contributed by atoms with Crippen LogP contribution in [0.2, 0.25) is 0 Å². The summed E-state index contributed by atoms with van der Waals surface area (Å²) in [6.45, 7) is 5.08. The molecule has 2 nitrogen and oxygen atoms in total. The first-order valence-electron chi connectivity index (χ1n) is 3.91. The molecule has 2 fully saturated rings. The first-order chi connectivity index (χ1) is 4.47. The zero-order chi connectivity index (χ0) is 6.10. The molecular weight excluding hydrogens is 272 g/mol. The Hall–Kier alpha value is 0.880. The van der Waals surface area contributed by atoms with Crippen molar-refractivity contribution in [2.24, 2.45) is 0 Å². The van der Waals surface area contributed by atoms with Gasteiger partial charge in [-0.15, -0.1) is 34.0 Å². The summed E-state index contributed by atoms with van der Waals surface area (Å²) >= 11 is 0. The van der Waals surface area contributed by atoms with Crippen LogP contribution in [0.25, 0.3) is 0 Å². The van der Waals surface area contributed by atoms with Crippen molar-refractivity contribution in [3.05, 3.63) is 0 Å². The number of fused-ring (bicyclic) bond motifs is 1. The van der Waals surface area contributed by atoms with Gasteiger partial charge in [-0.3, -0.25) is 4.90 Å². The van der Waals surface area contributed by atoms with Crippen LogP contribution in [-0.2, 0) is 0 Å². The van der Waals surface area contributed by atoms with Gasteiger partial charge < -0.3 is 5.32 Å². The molecule has 68 valence electrons. The Morgan fingerprint density at radius 3 is 2.73 bits per heavy atom. The van der Waals surface area contributed by atoms with Crippen LogP contribution in [0.1, 0.15) is 12.8 Å². The minimum absolute atomic E-state index is 0. The van der Waals surface area contributed by atoms with Gasteiger partial charge in [-0.05, 0) is 19.4 Å². The second-order valence-corrected chi connectivity index (χ2v) is 3.04. The van der Waals surface area contributed by atoms with E-state index in [4.69, 9.17) is 0 Å². The summed E-state index contributed by atoms with van der Waals surface area (Å²) < 4.78 is 0. The molecular formula is C7H16Br2N2. The molecule has 0 aromatic heterocycles. The number of nitrogens with one attached hydrogen (secondary N) is 1. The molecule has 0 aromatic rings. The van der Waals surface area contributed by atoms with Crippen LogP contribution in [0.4, 0.5) is 0 Å². The predicted molar refractivity (Wildman–Crippen MR) is 58.1 cm³/mol. The van der Waals surface area contributed by atoms with E-state index in [1.807, 2.05) is 0 Å². The summed E-state index contributed by atoms with van der Waals surface area (Å²) in [4.78, 5) is 2.61. The molecule has 2 aliphatic rings. The van der Waals surface area contributed by atoms with Crippen molar-refractivity contribution in [2.45, 2.75) is 18.9 Å². The molecule has 0 saturated carbocycles. The molecule has 11 heavy (non-hydrogen) atoms. The van der Waals surface area contributed by atoms with Crippen molar-refractivity contribution in [2.75, 3.05) is 26.2 Å². The lowest BCUT2D eigenvalue weighted by atomic mass is 10.2. The fourth-order valence-electron chi connectivity index (χ4n) is 1.91. The molecule has 0 aliphatic carbocycles. The Morgan fingerprint density at radius 1 is 1.18 bits per heavy atom. The van der Waals surface area contributed by atoms with Crippen molar-refractivity contribution in [1.29, 1.82) is 0 Å². The van der Waals surface area contributed by atoms with E-state index in [1.54, 1.807) is 0 Å². The monoisotopic (exact) mass is 286 g/mol. The smallest absolute Gasteiger partial charge is 0.0221 e. The van der Waals surface area contributed by atoms with Gasteiger partial charge in [-0.2, -0.15) is 0 Å². The van der Waals surface area contributed by atoms with Crippen LogP contribution in [0, 0.1) is 0 Å². The average molecular weight is 288 g/mol. The summed E-state index contributed by atoms with van der Waals surface area (Å²) in [6.07, 6.45) is 2.85. The maximum atomic E-state index is 3.41. The van der Waals surface area contributed by atoms with Gasteiger partial charge in [0.2, 0.25) is 0 Å². The Labute approximate surface area is 89.3 Å². The SMILES string of the molecule is Br.Br.C1CC2CNCCN2C1. The first kappa shape index (κ1) is 11.9. The van der Waals surface area contributed by atoms with Crippen LogP contribution in [-0.4, -0.2) is 37.1 Å². The number of hydrogen-bond acceptors (Lipinski definition) is 2. The highest BCUT2D eigenvalue weighted by Crippen LogP contribution is 2.17. The highest BCUT2D eigenvalue weighted by atomic mass is 79.9. The van der Waals surface area contributed by atoms with Gasteiger partial charge in [-0.1, -0.05) is 0 Å². The molecule has 1 unspecified atom stereocenters. The number of halogens is 2. The van der Waals surface area contributed by atoms with Crippen molar-refractivity contribution >= 4 is 34.0 Å². The Balaban J connectivity index is 0.000000500. The lowest BCUT2D eigenvalue weighted by Crippen LogP contribution is -2.47. The lowest BCUT2D eigenvalue weighted by Gasteiger charge is -2.29. The minimum atomic E-state index is 0. The maximum absolute atomic E-state index is 3.41. The number of piperazine rings is 1. The second kappa shape index (κ2) is 5.51. The molecule has 1 atom stereocenters. The number of rotatable bonds is 0. The fourth-order valence-corrected chi connectivity index (χ4v) is 1.91. The second-order valence-electron chi connectivity index (χ2n) is 3.04. The van der Waals surface area contributed by atoms with Gasteiger partial charge in [0.1, 0.15) is 0 Å². The zero-order valence-electron chi connectivity index (χ0n) is 6.58. The fraction of sp³-hybridized carbons (Fsp3) is 1.00. The van der Waals surface area contributed by atoms with Crippen molar-refractivity contribution in [3.8, 4) is 0 Å². The molecule has 2 aliphatic heterocycles. The van der Waals surface area contributed by atoms with Crippen LogP contribution >= 0.6 is 34.0 Å². The van der Waals surface area contributed by atoms with E-state index in [0.29, 0.717) is 0 Å². The molecule has 0 amide bonds. The highest BCUT2D eigenvalue weighted by Gasteiger charge is 2.25. The topological polar surface area (TPSA) is 15.3 Å². The Kier molecular flexibility index (Phi) is 5.95. The van der Waals surface area contributed by atoms with Crippen molar-refractivity contribution < 1.29 is 0 Å². The zero-order valence-corrected chi connectivity index (χ0v) is 10.0. The van der Waals surface area contributed by atoms with Crippen LogP contribution in [0.5, 0.6) is 0 Å². The third-order valence-corrected chi connectivity index (χ3v) is 2.45. The normalized spacial score (nSPS) is 30.0. The summed E-state index contributed by atoms with van der Waals surface area (Å²) in [5.74, 6) is 0. The van der Waals surface area contributed by atoms with Crippen molar-refractivity contribution in [1.82, 2.24) is 10.2 Å². The summed E-state index contributed by atoms with van der Waals surface area (Å²) in [5, 5.41) is 3.41. The third-order valence-electron chi connectivity index (χ3n) is 2.45. The highest BCUT2D eigenvalue weighted by molar-refractivity contribution is 8.93. The quantitative estimate of drug-likeness (QED) is 0.721. The summed E-state index contributed by atoms with van der Waals surface area (Å²) in [6, 6.07) is 0.888. The molecule has 2 heterocycles. The van der Waals surface area contributed by atoms with E-state index < -0.39 is 0 Å². The van der Waals surface area contributed by atoms with E-state index >= 15 is 0 Å². The van der Waals surface area contributed by atoms with Crippen LogP contribution in [0.15, 0.2) is 0 Å². The van der Waals surface area contributed by atoms with Gasteiger partial charge in [0.15, 0.2) is 0 Å². The molecule has 0 bridgehead atoms. The Morgan fingerprint density at radius 2 is 2.00 bits per heavy atom. The molecule has 0 aromatic carbocycles. The average Bonchev–Trinajstić information content (AvgIpc) is 2.33.